The van der Waals surface area contributed by atoms with Gasteiger partial charge in [-0.3, -0.25) is 14.5 Å². The van der Waals surface area contributed by atoms with Crippen molar-refractivity contribution in [2.24, 2.45) is 0 Å². The molecule has 0 saturated carbocycles. The van der Waals surface area contributed by atoms with E-state index in [1.54, 1.807) is 0 Å². The van der Waals surface area contributed by atoms with Crippen molar-refractivity contribution < 1.29 is 9.11 Å². The third-order valence-electron chi connectivity index (χ3n) is 4.99. The highest BCUT2D eigenvalue weighted by molar-refractivity contribution is 8.35. The maximum Gasteiger partial charge on any atom is 0.101 e. The zero-order valence-electron chi connectivity index (χ0n) is 16.8. The van der Waals surface area contributed by atoms with Crippen LogP contribution in [0.5, 0.6) is 0 Å². The summed E-state index contributed by atoms with van der Waals surface area (Å²) in [4.78, 5) is 0. The van der Waals surface area contributed by atoms with E-state index in [0.717, 1.165) is 18.4 Å². The Morgan fingerprint density at radius 1 is 0.560 bits per heavy atom. The van der Waals surface area contributed by atoms with Crippen LogP contribution >= 0.6 is 10.6 Å². The topological polar surface area (TPSA) is 64.3 Å². The van der Waals surface area contributed by atoms with Gasteiger partial charge in [0.2, 0.25) is 0 Å². The van der Waals surface area contributed by atoms with Gasteiger partial charge in [0.05, 0.1) is 0 Å². The molecular formula is C21H45NO2S. The summed E-state index contributed by atoms with van der Waals surface area (Å²) in [5.74, 6) is 0.370. The predicted octanol–water partition coefficient (Wildman–Crippen LogP) is 8.39. The number of hydrogen-bond acceptors (Lipinski definition) is 3. The first-order valence-electron chi connectivity index (χ1n) is 10.9. The SMILES string of the molecule is CCCCCCCCCCCCCCCCCCCCS(O)(O)C=N. The van der Waals surface area contributed by atoms with Crippen LogP contribution in [0, 0.1) is 5.41 Å². The summed E-state index contributed by atoms with van der Waals surface area (Å²) < 4.78 is 18.7. The molecule has 4 heteroatoms. The van der Waals surface area contributed by atoms with Crippen LogP contribution in [0.2, 0.25) is 0 Å². The lowest BCUT2D eigenvalue weighted by Gasteiger charge is -2.25. The van der Waals surface area contributed by atoms with E-state index >= 15 is 0 Å². The minimum Gasteiger partial charge on any atom is -0.294 e. The molecule has 0 bridgehead atoms. The van der Waals surface area contributed by atoms with Crippen molar-refractivity contribution in [1.29, 1.82) is 5.41 Å². The second kappa shape index (κ2) is 18.7. The molecule has 0 aliphatic heterocycles. The fourth-order valence-electron chi connectivity index (χ4n) is 3.28. The van der Waals surface area contributed by atoms with Gasteiger partial charge in [-0.1, -0.05) is 116 Å². The van der Waals surface area contributed by atoms with Crippen LogP contribution in [0.1, 0.15) is 122 Å². The Labute approximate surface area is 159 Å². The van der Waals surface area contributed by atoms with Gasteiger partial charge in [-0.25, -0.2) is 0 Å². The number of unbranched alkanes of at least 4 members (excludes halogenated alkanes) is 17. The second-order valence-corrected chi connectivity index (χ2v) is 9.63. The molecule has 0 amide bonds. The van der Waals surface area contributed by atoms with Crippen molar-refractivity contribution >= 4 is 16.1 Å². The summed E-state index contributed by atoms with van der Waals surface area (Å²) in [6, 6.07) is 0. The molecule has 25 heavy (non-hydrogen) atoms. The van der Waals surface area contributed by atoms with E-state index in [-0.39, 0.29) is 0 Å². The van der Waals surface area contributed by atoms with Crippen LogP contribution in [0.15, 0.2) is 0 Å². The third-order valence-corrected chi connectivity index (χ3v) is 6.25. The molecule has 0 aromatic heterocycles. The molecule has 3 nitrogen and oxygen atoms in total. The summed E-state index contributed by atoms with van der Waals surface area (Å²) >= 11 is 0. The molecule has 0 fully saturated rings. The first-order chi connectivity index (χ1) is 12.1. The zero-order valence-corrected chi connectivity index (χ0v) is 17.6. The van der Waals surface area contributed by atoms with E-state index in [1.165, 1.54) is 103 Å². The minimum absolute atomic E-state index is 0.370. The number of hydrogen-bond donors (Lipinski definition) is 3. The van der Waals surface area contributed by atoms with Gasteiger partial charge in [0.15, 0.2) is 0 Å². The molecule has 0 aliphatic carbocycles. The van der Waals surface area contributed by atoms with Crippen LogP contribution in [0.4, 0.5) is 0 Å². The van der Waals surface area contributed by atoms with E-state index < -0.39 is 10.6 Å². The largest absolute Gasteiger partial charge is 0.294 e. The van der Waals surface area contributed by atoms with Gasteiger partial charge in [0.1, 0.15) is 5.55 Å². The van der Waals surface area contributed by atoms with Crippen LogP contribution in [-0.4, -0.2) is 20.4 Å². The Bertz CT molecular complexity index is 285. The predicted molar refractivity (Wildman–Crippen MR) is 115 cm³/mol. The summed E-state index contributed by atoms with van der Waals surface area (Å²) in [6.07, 6.45) is 24.0. The maximum atomic E-state index is 9.35. The Morgan fingerprint density at radius 3 is 1.12 bits per heavy atom. The Kier molecular flexibility index (Phi) is 18.7. The Morgan fingerprint density at radius 2 is 0.840 bits per heavy atom. The molecule has 3 N–H and O–H groups in total. The molecular weight excluding hydrogens is 330 g/mol. The highest BCUT2D eigenvalue weighted by Gasteiger charge is 2.06. The van der Waals surface area contributed by atoms with Crippen LogP contribution in [0.25, 0.3) is 0 Å². The standard InChI is InChI=1S/C21H45NO2S/c1-2-3-4-5-6-7-8-9-10-11-12-13-14-15-16-17-18-19-20-25(23,24)21-22/h21-24H,2-20H2,1H3. The Balaban J connectivity index is 3.06. The summed E-state index contributed by atoms with van der Waals surface area (Å²) in [6.45, 7) is 2.28. The number of nitrogens with one attached hydrogen (secondary N) is 1. The summed E-state index contributed by atoms with van der Waals surface area (Å²) in [7, 11) is -2.70. The molecule has 0 rings (SSSR count). The smallest absolute Gasteiger partial charge is 0.101 e. The van der Waals surface area contributed by atoms with Crippen LogP contribution in [-0.2, 0) is 0 Å². The van der Waals surface area contributed by atoms with E-state index in [4.69, 9.17) is 5.41 Å². The Hall–Kier alpha value is -0.0600. The lowest BCUT2D eigenvalue weighted by Crippen LogP contribution is -2.03. The average molecular weight is 376 g/mol. The first kappa shape index (κ1) is 24.9. The molecule has 0 aliphatic rings. The van der Waals surface area contributed by atoms with Gasteiger partial charge in [-0.05, 0) is 6.42 Å². The van der Waals surface area contributed by atoms with Crippen molar-refractivity contribution in [3.8, 4) is 0 Å². The molecule has 0 aromatic carbocycles. The average Bonchev–Trinajstić information content (AvgIpc) is 2.60. The molecule has 0 aromatic rings. The lowest BCUT2D eigenvalue weighted by atomic mass is 10.0. The molecule has 0 saturated heterocycles. The first-order valence-corrected chi connectivity index (χ1v) is 12.7. The van der Waals surface area contributed by atoms with E-state index in [1.807, 2.05) is 0 Å². The fraction of sp³-hybridized carbons (Fsp3) is 0.952. The molecule has 0 heterocycles. The van der Waals surface area contributed by atoms with Gasteiger partial charge < -0.3 is 0 Å². The molecule has 0 unspecified atom stereocenters. The summed E-state index contributed by atoms with van der Waals surface area (Å²) in [5.41, 5.74) is 0.806. The van der Waals surface area contributed by atoms with E-state index in [9.17, 15) is 9.11 Å². The van der Waals surface area contributed by atoms with E-state index in [2.05, 4.69) is 6.92 Å². The van der Waals surface area contributed by atoms with Gasteiger partial charge in [-0.15, -0.1) is 0 Å². The monoisotopic (exact) mass is 375 g/mol. The minimum atomic E-state index is -2.70. The quantitative estimate of drug-likeness (QED) is 0.114. The van der Waals surface area contributed by atoms with E-state index in [0.29, 0.717) is 5.75 Å². The van der Waals surface area contributed by atoms with Crippen LogP contribution in [0.3, 0.4) is 0 Å². The van der Waals surface area contributed by atoms with Gasteiger partial charge >= 0.3 is 0 Å². The molecule has 0 atom stereocenters. The molecule has 152 valence electrons. The molecule has 0 spiro atoms. The van der Waals surface area contributed by atoms with Gasteiger partial charge in [0, 0.05) is 5.75 Å². The summed E-state index contributed by atoms with van der Waals surface area (Å²) in [5, 5.41) is 6.92. The normalized spacial score (nSPS) is 12.4. The van der Waals surface area contributed by atoms with Gasteiger partial charge in [-0.2, -0.15) is 10.6 Å². The van der Waals surface area contributed by atoms with Crippen molar-refractivity contribution in [2.45, 2.75) is 122 Å². The fourth-order valence-corrected chi connectivity index (χ4v) is 4.02. The third kappa shape index (κ3) is 20.1. The van der Waals surface area contributed by atoms with Crippen molar-refractivity contribution in [3.05, 3.63) is 0 Å². The van der Waals surface area contributed by atoms with Crippen LogP contribution < -0.4 is 0 Å². The highest BCUT2D eigenvalue weighted by Crippen LogP contribution is 2.35. The van der Waals surface area contributed by atoms with Gasteiger partial charge in [0.25, 0.3) is 0 Å². The second-order valence-electron chi connectivity index (χ2n) is 7.55. The molecule has 0 radical (unpaired) electrons. The van der Waals surface area contributed by atoms with Crippen molar-refractivity contribution in [2.75, 3.05) is 5.75 Å². The highest BCUT2D eigenvalue weighted by atomic mass is 32.3. The number of rotatable bonds is 20. The lowest BCUT2D eigenvalue weighted by molar-refractivity contribution is 0.498. The zero-order chi connectivity index (χ0) is 18.6. The maximum absolute atomic E-state index is 9.35. The van der Waals surface area contributed by atoms with Crippen molar-refractivity contribution in [1.82, 2.24) is 0 Å². The van der Waals surface area contributed by atoms with Crippen molar-refractivity contribution in [3.63, 3.8) is 0 Å².